The zero-order valence-electron chi connectivity index (χ0n) is 10.6. The number of benzene rings is 1. The summed E-state index contributed by atoms with van der Waals surface area (Å²) in [6.07, 6.45) is 0.484. The van der Waals surface area contributed by atoms with Gasteiger partial charge in [0, 0.05) is 0 Å². The van der Waals surface area contributed by atoms with Gasteiger partial charge in [-0.3, -0.25) is 14.4 Å². The molecule has 1 atom stereocenters. The number of aliphatic carboxylic acids is 1. The maximum absolute atomic E-state index is 11.2. The smallest absolute Gasteiger partial charge is 0.322 e. The SMILES string of the molecule is O=C(O)CNC(=O)COc1ccc(C2CC(=O)N2)cc1. The summed E-state index contributed by atoms with van der Waals surface area (Å²) >= 11 is 0. The summed E-state index contributed by atoms with van der Waals surface area (Å²) in [5.74, 6) is -1.07. The largest absolute Gasteiger partial charge is 0.484 e. The van der Waals surface area contributed by atoms with Crippen molar-refractivity contribution in [1.29, 1.82) is 0 Å². The van der Waals surface area contributed by atoms with E-state index in [4.69, 9.17) is 9.84 Å². The first-order valence-electron chi connectivity index (χ1n) is 6.05. The lowest BCUT2D eigenvalue weighted by atomic mass is 9.97. The van der Waals surface area contributed by atoms with E-state index in [0.29, 0.717) is 12.2 Å². The molecule has 0 aromatic heterocycles. The number of β-lactam (4-membered cyclic amide) rings is 1. The first kappa shape index (κ1) is 13.9. The van der Waals surface area contributed by atoms with Crippen LogP contribution >= 0.6 is 0 Å². The summed E-state index contributed by atoms with van der Waals surface area (Å²) in [5.41, 5.74) is 0.979. The van der Waals surface area contributed by atoms with Crippen LogP contribution in [0.4, 0.5) is 0 Å². The summed E-state index contributed by atoms with van der Waals surface area (Å²) in [6, 6.07) is 7.08. The Morgan fingerprint density at radius 2 is 2.00 bits per heavy atom. The van der Waals surface area contributed by atoms with Crippen LogP contribution in [0.5, 0.6) is 5.75 Å². The van der Waals surface area contributed by atoms with Crippen molar-refractivity contribution in [3.63, 3.8) is 0 Å². The summed E-state index contributed by atoms with van der Waals surface area (Å²) < 4.78 is 5.22. The average Bonchev–Trinajstić information content (AvgIpc) is 2.40. The van der Waals surface area contributed by atoms with Crippen molar-refractivity contribution >= 4 is 17.8 Å². The highest BCUT2D eigenvalue weighted by Crippen LogP contribution is 2.25. The maximum Gasteiger partial charge on any atom is 0.322 e. The van der Waals surface area contributed by atoms with Gasteiger partial charge in [-0.25, -0.2) is 0 Å². The van der Waals surface area contributed by atoms with Gasteiger partial charge in [-0.05, 0) is 17.7 Å². The van der Waals surface area contributed by atoms with Crippen molar-refractivity contribution in [3.05, 3.63) is 29.8 Å². The maximum atomic E-state index is 11.2. The lowest BCUT2D eigenvalue weighted by Crippen LogP contribution is -2.41. The van der Waals surface area contributed by atoms with E-state index in [-0.39, 0.29) is 18.6 Å². The van der Waals surface area contributed by atoms with E-state index in [2.05, 4.69) is 10.6 Å². The number of amides is 2. The molecule has 1 aliphatic heterocycles. The predicted molar refractivity (Wildman–Crippen MR) is 68.1 cm³/mol. The highest BCUT2D eigenvalue weighted by Gasteiger charge is 2.26. The molecule has 0 radical (unpaired) electrons. The molecule has 2 amide bonds. The molecule has 3 N–H and O–H groups in total. The van der Waals surface area contributed by atoms with Gasteiger partial charge < -0.3 is 20.5 Å². The van der Waals surface area contributed by atoms with E-state index < -0.39 is 18.4 Å². The second kappa shape index (κ2) is 6.05. The van der Waals surface area contributed by atoms with Crippen LogP contribution < -0.4 is 15.4 Å². The van der Waals surface area contributed by atoms with Crippen LogP contribution in [-0.2, 0) is 14.4 Å². The van der Waals surface area contributed by atoms with Crippen molar-refractivity contribution in [1.82, 2.24) is 10.6 Å². The van der Waals surface area contributed by atoms with Crippen LogP contribution in [0.15, 0.2) is 24.3 Å². The molecule has 106 valence electrons. The van der Waals surface area contributed by atoms with Crippen LogP contribution in [0, 0.1) is 0 Å². The van der Waals surface area contributed by atoms with E-state index in [1.54, 1.807) is 12.1 Å². The van der Waals surface area contributed by atoms with Crippen LogP contribution in [0.3, 0.4) is 0 Å². The van der Waals surface area contributed by atoms with E-state index in [1.807, 2.05) is 12.1 Å². The quantitative estimate of drug-likeness (QED) is 0.626. The van der Waals surface area contributed by atoms with Crippen molar-refractivity contribution in [2.24, 2.45) is 0 Å². The second-order valence-corrected chi connectivity index (χ2v) is 4.35. The second-order valence-electron chi connectivity index (χ2n) is 4.35. The molecule has 20 heavy (non-hydrogen) atoms. The molecule has 1 aromatic rings. The van der Waals surface area contributed by atoms with Crippen molar-refractivity contribution in [2.45, 2.75) is 12.5 Å². The Morgan fingerprint density at radius 3 is 2.55 bits per heavy atom. The lowest BCUT2D eigenvalue weighted by Gasteiger charge is -2.27. The minimum atomic E-state index is -1.11. The molecule has 0 bridgehead atoms. The van der Waals surface area contributed by atoms with E-state index >= 15 is 0 Å². The normalized spacial score (nSPS) is 16.8. The number of hydrogen-bond donors (Lipinski definition) is 3. The third-order valence-electron chi connectivity index (χ3n) is 2.81. The predicted octanol–water partition coefficient (Wildman–Crippen LogP) is -0.173. The molecule has 7 nitrogen and oxygen atoms in total. The average molecular weight is 278 g/mol. The van der Waals surface area contributed by atoms with Gasteiger partial charge in [0.15, 0.2) is 6.61 Å². The van der Waals surface area contributed by atoms with Gasteiger partial charge in [0.1, 0.15) is 12.3 Å². The van der Waals surface area contributed by atoms with Gasteiger partial charge in [-0.15, -0.1) is 0 Å². The molecule has 1 fully saturated rings. The van der Waals surface area contributed by atoms with Gasteiger partial charge in [0.05, 0.1) is 12.5 Å². The Balaban J connectivity index is 1.77. The number of carbonyl (C=O) groups is 3. The van der Waals surface area contributed by atoms with Gasteiger partial charge in [-0.2, -0.15) is 0 Å². The Hall–Kier alpha value is -2.57. The molecule has 2 rings (SSSR count). The van der Waals surface area contributed by atoms with Crippen molar-refractivity contribution < 1.29 is 24.2 Å². The van der Waals surface area contributed by atoms with Crippen LogP contribution in [0.2, 0.25) is 0 Å². The number of nitrogens with one attached hydrogen (secondary N) is 2. The van der Waals surface area contributed by atoms with Crippen LogP contribution in [-0.4, -0.2) is 36.0 Å². The molecular weight excluding hydrogens is 264 g/mol. The van der Waals surface area contributed by atoms with E-state index in [1.165, 1.54) is 0 Å². The third-order valence-corrected chi connectivity index (χ3v) is 2.81. The molecule has 1 aromatic carbocycles. The molecule has 1 aliphatic rings. The molecule has 0 saturated carbocycles. The molecule has 0 spiro atoms. The van der Waals surface area contributed by atoms with E-state index in [9.17, 15) is 14.4 Å². The minimum absolute atomic E-state index is 0.0328. The van der Waals surface area contributed by atoms with Crippen LogP contribution in [0.1, 0.15) is 18.0 Å². The standard InChI is InChI=1S/C13H14N2O5/c16-11-5-10(15-11)8-1-3-9(4-2-8)20-7-12(17)14-6-13(18)19/h1-4,10H,5-7H2,(H,14,17)(H,15,16)(H,18,19). The van der Waals surface area contributed by atoms with Crippen molar-refractivity contribution in [2.75, 3.05) is 13.2 Å². The van der Waals surface area contributed by atoms with E-state index in [0.717, 1.165) is 5.56 Å². The first-order valence-corrected chi connectivity index (χ1v) is 6.05. The number of ether oxygens (including phenoxy) is 1. The van der Waals surface area contributed by atoms with Gasteiger partial charge in [0.2, 0.25) is 5.91 Å². The fraction of sp³-hybridized carbons (Fsp3) is 0.308. The number of carboxylic acids is 1. The van der Waals surface area contributed by atoms with Gasteiger partial charge in [-0.1, -0.05) is 12.1 Å². The molecule has 1 heterocycles. The molecular formula is C13H14N2O5. The van der Waals surface area contributed by atoms with Gasteiger partial charge in [0.25, 0.3) is 5.91 Å². The van der Waals surface area contributed by atoms with Crippen molar-refractivity contribution in [3.8, 4) is 5.75 Å². The topological polar surface area (TPSA) is 105 Å². The molecule has 1 unspecified atom stereocenters. The number of carboxylic acid groups (broad SMARTS) is 1. The summed E-state index contributed by atoms with van der Waals surface area (Å²) in [5, 5.41) is 13.3. The van der Waals surface area contributed by atoms with Gasteiger partial charge >= 0.3 is 5.97 Å². The summed E-state index contributed by atoms with van der Waals surface area (Å²) in [4.78, 5) is 32.3. The lowest BCUT2D eigenvalue weighted by molar-refractivity contribution is -0.138. The fourth-order valence-electron chi connectivity index (χ4n) is 1.73. The Morgan fingerprint density at radius 1 is 1.35 bits per heavy atom. The first-order chi connectivity index (χ1) is 9.54. The summed E-state index contributed by atoms with van der Waals surface area (Å²) in [7, 11) is 0. The highest BCUT2D eigenvalue weighted by atomic mass is 16.5. The Bertz CT molecular complexity index is 518. The Labute approximate surface area is 114 Å². The highest BCUT2D eigenvalue weighted by molar-refractivity contribution is 5.83. The number of carbonyl (C=O) groups excluding carboxylic acids is 2. The monoisotopic (exact) mass is 278 g/mol. The third kappa shape index (κ3) is 3.71. The van der Waals surface area contributed by atoms with Crippen LogP contribution in [0.25, 0.3) is 0 Å². The molecule has 1 saturated heterocycles. The Kier molecular flexibility index (Phi) is 4.19. The fourth-order valence-corrected chi connectivity index (χ4v) is 1.73. The number of hydrogen-bond acceptors (Lipinski definition) is 4. The summed E-state index contributed by atoms with van der Waals surface area (Å²) in [6.45, 7) is -0.671. The zero-order valence-corrected chi connectivity index (χ0v) is 10.6. The molecule has 0 aliphatic carbocycles. The minimum Gasteiger partial charge on any atom is -0.484 e. The molecule has 7 heteroatoms. The zero-order chi connectivity index (χ0) is 14.5. The number of rotatable bonds is 6.